The number of unbranched alkanes of at least 4 members (excludes halogenated alkanes) is 30. The predicted octanol–water partition coefficient (Wildman–Crippen LogP) is 20.3. The number of fused-ring (bicyclic) bond motifs is 2. The van der Waals surface area contributed by atoms with Gasteiger partial charge in [-0.05, 0) is 67.7 Å². The molecule has 1 N–H and O–H groups in total. The normalized spacial score (nSPS) is 17.4. The quantitative estimate of drug-likeness (QED) is 0.0306. The van der Waals surface area contributed by atoms with E-state index in [1.165, 1.54) is 221 Å². The number of ether oxygens (including phenoxy) is 3. The molecule has 0 bridgehead atoms. The summed E-state index contributed by atoms with van der Waals surface area (Å²) in [5.41, 5.74) is 6.95. The molecule has 2 aromatic rings. The van der Waals surface area contributed by atoms with Gasteiger partial charge in [-0.1, -0.05) is 264 Å². The van der Waals surface area contributed by atoms with E-state index in [0.717, 1.165) is 68.6 Å². The molecule has 2 aliphatic heterocycles. The van der Waals surface area contributed by atoms with Gasteiger partial charge >= 0.3 is 5.97 Å². The van der Waals surface area contributed by atoms with Crippen LogP contribution in [0.3, 0.4) is 0 Å². The van der Waals surface area contributed by atoms with E-state index in [2.05, 4.69) is 104 Å². The first kappa shape index (κ1) is 67.2. The van der Waals surface area contributed by atoms with Crippen molar-refractivity contribution in [1.82, 2.24) is 0 Å². The molecule has 4 rings (SSSR count). The lowest BCUT2D eigenvalue weighted by atomic mass is 9.70. The highest BCUT2D eigenvalue weighted by Gasteiger charge is 2.51. The molecule has 2 aromatic carbocycles. The molecular formula is C71H115N2O6+. The zero-order valence-corrected chi connectivity index (χ0v) is 51.5. The Kier molecular flexibility index (Phi) is 34.7. The van der Waals surface area contributed by atoms with E-state index in [4.69, 9.17) is 14.2 Å². The third kappa shape index (κ3) is 22.5. The van der Waals surface area contributed by atoms with Crippen molar-refractivity contribution >= 4 is 29.5 Å². The molecule has 0 fully saturated rings. The number of carbonyl (C=O) groups excluding carboxylic acids is 1. The number of nitrogens with zero attached hydrogens (tertiary/aromatic N) is 2. The van der Waals surface area contributed by atoms with Crippen LogP contribution in [0, 0.1) is 0 Å². The van der Waals surface area contributed by atoms with E-state index in [1.54, 1.807) is 14.2 Å². The van der Waals surface area contributed by atoms with Crippen LogP contribution in [0.5, 0.6) is 11.5 Å². The minimum Gasteiger partial charge on any atom is -0.497 e. The summed E-state index contributed by atoms with van der Waals surface area (Å²) in [5.74, 6) is 0.963. The molecule has 0 spiro atoms. The number of carboxylic acid groups (broad SMARTS) is 1. The summed E-state index contributed by atoms with van der Waals surface area (Å²) < 4.78 is 19.7. The zero-order chi connectivity index (χ0) is 56.7. The largest absolute Gasteiger partial charge is 0.497 e. The van der Waals surface area contributed by atoms with E-state index in [-0.39, 0.29) is 17.3 Å². The van der Waals surface area contributed by atoms with Gasteiger partial charge in [0.25, 0.3) is 6.47 Å². The highest BCUT2D eigenvalue weighted by molar-refractivity contribution is 6.04. The second-order valence-electron chi connectivity index (χ2n) is 23.6. The highest BCUT2D eigenvalue weighted by Crippen LogP contribution is 2.55. The molecule has 8 nitrogen and oxygen atoms in total. The van der Waals surface area contributed by atoms with Crippen molar-refractivity contribution in [3.05, 3.63) is 83.6 Å². The zero-order valence-electron chi connectivity index (χ0n) is 51.5. The average Bonchev–Trinajstić information content (AvgIpc) is 4.12. The van der Waals surface area contributed by atoms with Gasteiger partial charge in [0, 0.05) is 34.5 Å². The molecule has 8 heteroatoms. The third-order valence-electron chi connectivity index (χ3n) is 17.7. The van der Waals surface area contributed by atoms with Gasteiger partial charge in [-0.2, -0.15) is 4.58 Å². The van der Waals surface area contributed by atoms with Crippen LogP contribution in [0.2, 0.25) is 0 Å². The molecule has 0 saturated carbocycles. The van der Waals surface area contributed by atoms with Gasteiger partial charge in [0.1, 0.15) is 24.5 Å². The van der Waals surface area contributed by atoms with Gasteiger partial charge in [0.2, 0.25) is 5.69 Å². The monoisotopic (exact) mass is 1090 g/mol. The molecule has 79 heavy (non-hydrogen) atoms. The van der Waals surface area contributed by atoms with Crippen LogP contribution in [0.1, 0.15) is 289 Å². The van der Waals surface area contributed by atoms with E-state index in [9.17, 15) is 14.7 Å². The minimum absolute atomic E-state index is 0.0610. The van der Waals surface area contributed by atoms with Gasteiger partial charge in [0.15, 0.2) is 12.3 Å². The molecule has 0 aliphatic carbocycles. The highest BCUT2D eigenvalue weighted by atomic mass is 16.5. The van der Waals surface area contributed by atoms with E-state index in [1.807, 2.05) is 0 Å². The first-order valence-electron chi connectivity index (χ1n) is 32.9. The van der Waals surface area contributed by atoms with Crippen LogP contribution in [0.15, 0.2) is 72.5 Å². The van der Waals surface area contributed by atoms with Crippen LogP contribution in [0.4, 0.5) is 11.4 Å². The Morgan fingerprint density at radius 1 is 0.532 bits per heavy atom. The first-order chi connectivity index (χ1) is 38.8. The summed E-state index contributed by atoms with van der Waals surface area (Å²) in [6, 6.07) is 13.1. The Morgan fingerprint density at radius 2 is 0.949 bits per heavy atom. The van der Waals surface area contributed by atoms with E-state index >= 15 is 0 Å². The average molecular weight is 1090 g/mol. The van der Waals surface area contributed by atoms with Crippen LogP contribution in [-0.4, -0.2) is 61.8 Å². The standard InChI is InChI=1S/C71H114N2O6/c1-7-11-15-19-23-27-31-35-41-52-70(51-40-33-29-25-21-17-13-9-3)63-58-61(77-5)46-48-65(63)72(55-50-69(75)76)67(70)44-38-37-39-45-68-71(53-42-34-30-26-22-18-14-10-4,54-43-36-32-28-24-20-16-12-8-2)64-59-62(78-6)47-49-66(64)73(68)56-57-79-60-74/h37-39,44-49,58-60H,7-36,40-43,50-57H2,1-6H3/p+1. The van der Waals surface area contributed by atoms with Gasteiger partial charge in [-0.15, -0.1) is 0 Å². The Bertz CT molecular complexity index is 2110. The summed E-state index contributed by atoms with van der Waals surface area (Å²) in [5, 5.41) is 10.2. The Balaban J connectivity index is 1.80. The summed E-state index contributed by atoms with van der Waals surface area (Å²) in [6.07, 6.45) is 58.9. The predicted molar refractivity (Wildman–Crippen MR) is 335 cm³/mol. The number of carboxylic acids is 1. The fraction of sp³-hybridized carbons (Fsp3) is 0.704. The molecule has 2 aliphatic rings. The summed E-state index contributed by atoms with van der Waals surface area (Å²) >= 11 is 0. The lowest BCUT2D eigenvalue weighted by Crippen LogP contribution is -2.35. The Labute approximate surface area is 483 Å². The van der Waals surface area contributed by atoms with Gasteiger partial charge < -0.3 is 24.2 Å². The van der Waals surface area contributed by atoms with Gasteiger partial charge in [0.05, 0.1) is 26.2 Å². The van der Waals surface area contributed by atoms with Crippen molar-refractivity contribution in [3.63, 3.8) is 0 Å². The van der Waals surface area contributed by atoms with Crippen LogP contribution in [0.25, 0.3) is 0 Å². The number of allylic oxidation sites excluding steroid dienone is 6. The van der Waals surface area contributed by atoms with Crippen molar-refractivity contribution in [3.8, 4) is 11.5 Å². The SMILES string of the molecule is CCCCCCCCCCCC1(CCCCCCCCCC)C(/C=C/C=C/C=C2/N(CCOC=O)c3ccc(OC)cc3C2(CCCCCCCCCC)CCCCCCCCCCC)=[N+](CCC(=O)O)c2ccc(OC)cc21. The maximum Gasteiger partial charge on any atom is 0.309 e. The second-order valence-corrected chi connectivity index (χ2v) is 23.6. The minimum atomic E-state index is -0.777. The topological polar surface area (TPSA) is 88.3 Å². The number of methoxy groups -OCH3 is 2. The fourth-order valence-electron chi connectivity index (χ4n) is 13.2. The molecule has 444 valence electrons. The van der Waals surface area contributed by atoms with Crippen LogP contribution >= 0.6 is 0 Å². The van der Waals surface area contributed by atoms with Crippen molar-refractivity contribution < 1.29 is 33.5 Å². The lowest BCUT2D eigenvalue weighted by molar-refractivity contribution is -0.436. The number of rotatable bonds is 50. The van der Waals surface area contributed by atoms with Crippen molar-refractivity contribution in [1.29, 1.82) is 0 Å². The molecule has 0 radical (unpaired) electrons. The molecule has 0 aromatic heterocycles. The van der Waals surface area contributed by atoms with Gasteiger partial charge in [-0.25, -0.2) is 0 Å². The second kappa shape index (κ2) is 40.8. The number of hydrogen-bond donors (Lipinski definition) is 1. The molecule has 0 saturated heterocycles. The van der Waals surface area contributed by atoms with Crippen LogP contribution in [-0.2, 0) is 25.2 Å². The van der Waals surface area contributed by atoms with Crippen molar-refractivity contribution in [2.24, 2.45) is 0 Å². The Morgan fingerprint density at radius 3 is 1.38 bits per heavy atom. The maximum absolute atomic E-state index is 12.4. The van der Waals surface area contributed by atoms with E-state index in [0.29, 0.717) is 26.2 Å². The number of anilines is 1. The van der Waals surface area contributed by atoms with Crippen molar-refractivity contribution in [2.75, 3.05) is 38.8 Å². The van der Waals surface area contributed by atoms with Crippen LogP contribution < -0.4 is 14.4 Å². The summed E-state index contributed by atoms with van der Waals surface area (Å²) in [6.45, 7) is 11.0. The Hall–Kier alpha value is -4.33. The molecule has 2 atom stereocenters. The lowest BCUT2D eigenvalue weighted by Gasteiger charge is -2.34. The molecule has 0 amide bonds. The summed E-state index contributed by atoms with van der Waals surface area (Å²) in [7, 11) is 3.54. The van der Waals surface area contributed by atoms with Crippen molar-refractivity contribution in [2.45, 2.75) is 289 Å². The fourth-order valence-corrected chi connectivity index (χ4v) is 13.2. The number of carbonyl (C=O) groups is 2. The molecule has 2 unspecified atom stereocenters. The third-order valence-corrected chi connectivity index (χ3v) is 17.7. The number of hydrogen-bond acceptors (Lipinski definition) is 6. The number of benzene rings is 2. The smallest absolute Gasteiger partial charge is 0.309 e. The maximum atomic E-state index is 12.4. The van der Waals surface area contributed by atoms with Gasteiger partial charge in [-0.3, -0.25) is 9.59 Å². The molecular weight excluding hydrogens is 977 g/mol. The summed E-state index contributed by atoms with van der Waals surface area (Å²) in [4.78, 5) is 26.5. The molecule has 2 heterocycles. The van der Waals surface area contributed by atoms with E-state index < -0.39 is 5.97 Å². The number of aliphatic carboxylic acids is 1. The first-order valence-corrected chi connectivity index (χ1v) is 32.9.